The molecule has 0 fully saturated rings. The molecule has 1 N–H and O–H groups in total. The second kappa shape index (κ2) is 5.04. The van der Waals surface area contributed by atoms with E-state index in [-0.39, 0.29) is 32.6 Å². The van der Waals surface area contributed by atoms with Crippen LogP contribution in [0.15, 0.2) is 11.8 Å². The van der Waals surface area contributed by atoms with E-state index in [2.05, 4.69) is 0 Å². The van der Waals surface area contributed by atoms with Crippen molar-refractivity contribution in [1.29, 1.82) is 0 Å². The second-order valence-electron chi connectivity index (χ2n) is 1.40. The maximum Gasteiger partial charge on any atom is 0.155 e. The van der Waals surface area contributed by atoms with E-state index in [0.717, 1.165) is 0 Å². The van der Waals surface area contributed by atoms with Crippen LogP contribution in [-0.2, 0) is 25.9 Å². The molecule has 0 rings (SSSR count). The van der Waals surface area contributed by atoms with E-state index in [1.807, 2.05) is 0 Å². The number of hydrogen-bond acceptors (Lipinski definition) is 2. The zero-order valence-electron chi connectivity index (χ0n) is 4.75. The van der Waals surface area contributed by atoms with Crippen LogP contribution in [0.3, 0.4) is 0 Å². The van der Waals surface area contributed by atoms with E-state index in [1.165, 1.54) is 19.9 Å². The summed E-state index contributed by atoms with van der Waals surface area (Å²) in [6, 6.07) is 0. The van der Waals surface area contributed by atoms with Gasteiger partial charge in [-0.2, -0.15) is 0 Å². The first-order valence-electron chi connectivity index (χ1n) is 2.01. The van der Waals surface area contributed by atoms with Gasteiger partial charge < -0.3 is 5.11 Å². The molecule has 50 valence electrons. The Morgan fingerprint density at radius 2 is 1.88 bits per heavy atom. The molecular weight excluding hydrogens is 287 g/mol. The summed E-state index contributed by atoms with van der Waals surface area (Å²) in [7, 11) is 0. The van der Waals surface area contributed by atoms with Crippen molar-refractivity contribution in [3.05, 3.63) is 11.8 Å². The van der Waals surface area contributed by atoms with E-state index >= 15 is 0 Å². The molecule has 0 aliphatic heterocycles. The Morgan fingerprint density at radius 1 is 1.50 bits per heavy atom. The summed E-state index contributed by atoms with van der Waals surface area (Å²) in [5, 5.41) is 8.36. The van der Waals surface area contributed by atoms with Crippen molar-refractivity contribution >= 4 is 5.78 Å². The Labute approximate surface area is 62.9 Å². The fourth-order valence-corrected chi connectivity index (χ4v) is 0.294. The molecule has 0 unspecified atom stereocenters. The van der Waals surface area contributed by atoms with Gasteiger partial charge in [0.05, 0.1) is 5.76 Å². The molecule has 0 aliphatic carbocycles. The maximum absolute atomic E-state index is 10.0. The minimum Gasteiger partial charge on any atom is -0.512 e. The molecule has 3 heteroatoms. The second-order valence-corrected chi connectivity index (χ2v) is 1.40. The molecule has 0 bridgehead atoms. The number of carbonyl (C=O) groups excluding carboxylic acids is 1. The first-order chi connectivity index (χ1) is 3.13. The summed E-state index contributed by atoms with van der Waals surface area (Å²) in [4.78, 5) is 10.0. The van der Waals surface area contributed by atoms with Gasteiger partial charge in [0.15, 0.2) is 5.78 Å². The number of hydrogen-bond donors (Lipinski definition) is 1. The van der Waals surface area contributed by atoms with Crippen LogP contribution in [0.1, 0.15) is 13.8 Å². The van der Waals surface area contributed by atoms with Crippen molar-refractivity contribution < 1.29 is 31.0 Å². The van der Waals surface area contributed by atoms with Crippen LogP contribution < -0.4 is 0 Å². The summed E-state index contributed by atoms with van der Waals surface area (Å²) in [6.45, 7) is 2.85. The minimum absolute atomic E-state index is 0. The number of carbonyl (C=O) groups is 1. The average molecular weight is 295 g/mol. The Bertz CT molecular complexity index is 103. The third-order valence-corrected chi connectivity index (χ3v) is 0.412. The summed E-state index contributed by atoms with van der Waals surface area (Å²) in [6.07, 6.45) is 1.17. The summed E-state index contributed by atoms with van der Waals surface area (Å²) in [5.74, 6) is -0.0625. The van der Waals surface area contributed by atoms with Crippen LogP contribution in [0.5, 0.6) is 0 Å². The molecule has 0 saturated carbocycles. The van der Waals surface area contributed by atoms with Crippen molar-refractivity contribution in [2.45, 2.75) is 13.8 Å². The van der Waals surface area contributed by atoms with E-state index in [9.17, 15) is 4.79 Å². The van der Waals surface area contributed by atoms with E-state index in [0.29, 0.717) is 0 Å². The van der Waals surface area contributed by atoms with Gasteiger partial charge in [-0.3, -0.25) is 4.79 Å². The van der Waals surface area contributed by atoms with Gasteiger partial charge in [0.25, 0.3) is 0 Å². The normalized spacial score (nSPS) is 10.0. The van der Waals surface area contributed by atoms with E-state index in [1.54, 1.807) is 0 Å². The van der Waals surface area contributed by atoms with Gasteiger partial charge in [-0.05, 0) is 13.8 Å². The van der Waals surface area contributed by atoms with Gasteiger partial charge in [-0.25, -0.2) is 0 Å². The molecule has 0 saturated heterocycles. The standard InChI is InChI=1S/C5H8O2.Pt/c1-4(6)3-5(2)7;/h3,6H,1-2H3;/b4-3-;. The molecule has 0 radical (unpaired) electrons. The van der Waals surface area contributed by atoms with E-state index in [4.69, 9.17) is 5.11 Å². The molecule has 0 aromatic heterocycles. The van der Waals surface area contributed by atoms with Crippen LogP contribution in [0.2, 0.25) is 0 Å². The maximum atomic E-state index is 10.0. The Balaban J connectivity index is 0. The van der Waals surface area contributed by atoms with Crippen LogP contribution in [0.25, 0.3) is 0 Å². The van der Waals surface area contributed by atoms with Crippen LogP contribution in [-0.4, -0.2) is 10.9 Å². The number of rotatable bonds is 1. The first kappa shape index (κ1) is 10.8. The van der Waals surface area contributed by atoms with Gasteiger partial charge in [0.2, 0.25) is 0 Å². The first-order valence-corrected chi connectivity index (χ1v) is 2.01. The van der Waals surface area contributed by atoms with Gasteiger partial charge in [0.1, 0.15) is 0 Å². The summed E-state index contributed by atoms with van der Waals surface area (Å²) < 4.78 is 0. The number of aliphatic hydroxyl groups is 1. The molecule has 2 nitrogen and oxygen atoms in total. The Hall–Kier alpha value is -0.102. The Kier molecular flexibility index (Phi) is 6.81. The molecule has 8 heavy (non-hydrogen) atoms. The largest absolute Gasteiger partial charge is 0.512 e. The fourth-order valence-electron chi connectivity index (χ4n) is 0.294. The number of aliphatic hydroxyl groups excluding tert-OH is 1. The zero-order chi connectivity index (χ0) is 5.86. The predicted octanol–water partition coefficient (Wildman–Crippen LogP) is 1.03. The van der Waals surface area contributed by atoms with Gasteiger partial charge in [-0.1, -0.05) is 0 Å². The van der Waals surface area contributed by atoms with Crippen molar-refractivity contribution in [2.24, 2.45) is 0 Å². The molecule has 0 amide bonds. The number of allylic oxidation sites excluding steroid dienone is 2. The molecule has 0 aromatic carbocycles. The van der Waals surface area contributed by atoms with Crippen LogP contribution >= 0.6 is 0 Å². The van der Waals surface area contributed by atoms with Gasteiger partial charge in [0, 0.05) is 27.1 Å². The van der Waals surface area contributed by atoms with Crippen molar-refractivity contribution in [3.63, 3.8) is 0 Å². The predicted molar refractivity (Wildman–Crippen MR) is 27.1 cm³/mol. The van der Waals surface area contributed by atoms with Crippen molar-refractivity contribution in [2.75, 3.05) is 0 Å². The third kappa shape index (κ3) is 9.31. The van der Waals surface area contributed by atoms with Crippen LogP contribution in [0, 0.1) is 0 Å². The molecule has 0 aliphatic rings. The molecule has 0 atom stereocenters. The quantitative estimate of drug-likeness (QED) is 0.579. The zero-order valence-corrected chi connectivity index (χ0v) is 7.02. The van der Waals surface area contributed by atoms with Crippen LogP contribution in [0.4, 0.5) is 0 Å². The van der Waals surface area contributed by atoms with E-state index < -0.39 is 0 Å². The molecular formula is C5H8O2Pt. The third-order valence-electron chi connectivity index (χ3n) is 0.412. The summed E-state index contributed by atoms with van der Waals surface area (Å²) in [5.41, 5.74) is 0. The fraction of sp³-hybridized carbons (Fsp3) is 0.400. The van der Waals surface area contributed by atoms with Crippen molar-refractivity contribution in [3.8, 4) is 0 Å². The monoisotopic (exact) mass is 295 g/mol. The Morgan fingerprint density at radius 3 is 1.88 bits per heavy atom. The number of ketones is 1. The molecule has 0 aromatic rings. The smallest absolute Gasteiger partial charge is 0.155 e. The van der Waals surface area contributed by atoms with Crippen molar-refractivity contribution in [1.82, 2.24) is 0 Å². The minimum atomic E-state index is -0.125. The summed E-state index contributed by atoms with van der Waals surface area (Å²) >= 11 is 0. The molecule has 0 spiro atoms. The average Bonchev–Trinajstić information content (AvgIpc) is 1.27. The van der Waals surface area contributed by atoms with Gasteiger partial charge >= 0.3 is 0 Å². The molecule has 0 heterocycles. The SMILES string of the molecule is CC(=O)/C=C(/C)O.[Pt]. The van der Waals surface area contributed by atoms with Gasteiger partial charge in [-0.15, -0.1) is 0 Å². The topological polar surface area (TPSA) is 37.3 Å².